The molecule has 3 N–H and O–H groups in total. The Bertz CT molecular complexity index is 889. The second kappa shape index (κ2) is 7.70. The van der Waals surface area contributed by atoms with E-state index >= 15 is 0 Å². The average Bonchev–Trinajstić information content (AvgIpc) is 3.57. The van der Waals surface area contributed by atoms with Crippen LogP contribution in [0.2, 0.25) is 0 Å². The fraction of sp³-hybridized carbons (Fsp3) is 0.409. The van der Waals surface area contributed by atoms with Crippen LogP contribution in [-0.4, -0.2) is 22.8 Å². The van der Waals surface area contributed by atoms with Gasteiger partial charge < -0.3 is 11.1 Å². The van der Waals surface area contributed by atoms with E-state index in [0.29, 0.717) is 24.7 Å². The Labute approximate surface area is 163 Å². The van der Waals surface area contributed by atoms with E-state index in [0.717, 1.165) is 42.5 Å². The van der Waals surface area contributed by atoms with E-state index in [1.165, 1.54) is 12.1 Å². The molecule has 2 aromatic rings. The first-order valence-corrected chi connectivity index (χ1v) is 9.84. The zero-order valence-electron chi connectivity index (χ0n) is 15.7. The molecule has 0 aliphatic heterocycles. The number of hydrogen-bond acceptors (Lipinski definition) is 3. The lowest BCUT2D eigenvalue weighted by Gasteiger charge is -2.16. The summed E-state index contributed by atoms with van der Waals surface area (Å²) in [6.07, 6.45) is 5.52. The van der Waals surface area contributed by atoms with Crippen LogP contribution in [0.3, 0.4) is 0 Å². The molecule has 0 saturated heterocycles. The molecule has 5 nitrogen and oxygen atoms in total. The van der Waals surface area contributed by atoms with Gasteiger partial charge in [0.05, 0.1) is 0 Å². The van der Waals surface area contributed by atoms with Crippen LogP contribution in [0.25, 0.3) is 0 Å². The van der Waals surface area contributed by atoms with Gasteiger partial charge in [-0.15, -0.1) is 0 Å². The molecule has 0 bridgehead atoms. The summed E-state index contributed by atoms with van der Waals surface area (Å²) in [5.41, 5.74) is 8.65. The normalized spacial score (nSPS) is 17.2. The molecule has 2 aliphatic rings. The molecule has 2 amide bonds. The zero-order chi connectivity index (χ0) is 19.7. The molecule has 2 fully saturated rings. The molecule has 2 saturated carbocycles. The maximum Gasteiger partial charge on any atom is 0.270 e. The van der Waals surface area contributed by atoms with Crippen molar-refractivity contribution in [2.75, 3.05) is 0 Å². The minimum atomic E-state index is -0.662. The Hall–Kier alpha value is -2.76. The molecule has 0 unspecified atom stereocenters. The van der Waals surface area contributed by atoms with Gasteiger partial charge in [-0.05, 0) is 60.4 Å². The SMILES string of the molecule is NC(=O)[C@H](CC1CC1)NC(=O)c1ccc(C2CC2)c(Cc2ccc(F)cc2)n1. The van der Waals surface area contributed by atoms with Crippen molar-refractivity contribution in [2.24, 2.45) is 11.7 Å². The lowest BCUT2D eigenvalue weighted by molar-refractivity contribution is -0.120. The predicted octanol–water partition coefficient (Wildman–Crippen LogP) is 3.07. The smallest absolute Gasteiger partial charge is 0.270 e. The van der Waals surface area contributed by atoms with Crippen molar-refractivity contribution in [1.29, 1.82) is 0 Å². The number of nitrogens with one attached hydrogen (secondary N) is 1. The fourth-order valence-corrected chi connectivity index (χ4v) is 3.51. The minimum Gasteiger partial charge on any atom is -0.368 e. The van der Waals surface area contributed by atoms with E-state index in [1.54, 1.807) is 18.2 Å². The molecule has 0 radical (unpaired) electrons. The van der Waals surface area contributed by atoms with Crippen LogP contribution in [0.5, 0.6) is 0 Å². The Kier molecular flexibility index (Phi) is 5.11. The number of carbonyl (C=O) groups excluding carboxylic acids is 2. The molecule has 2 aliphatic carbocycles. The molecule has 1 aromatic carbocycles. The molecule has 1 atom stereocenters. The van der Waals surface area contributed by atoms with Gasteiger partial charge in [-0.2, -0.15) is 0 Å². The predicted molar refractivity (Wildman–Crippen MR) is 103 cm³/mol. The van der Waals surface area contributed by atoms with Crippen molar-refractivity contribution in [1.82, 2.24) is 10.3 Å². The van der Waals surface area contributed by atoms with Crippen LogP contribution in [-0.2, 0) is 11.2 Å². The summed E-state index contributed by atoms with van der Waals surface area (Å²) in [4.78, 5) is 29.0. The number of aromatic nitrogens is 1. The van der Waals surface area contributed by atoms with Crippen LogP contribution in [0.15, 0.2) is 36.4 Å². The third-order valence-electron chi connectivity index (χ3n) is 5.46. The highest BCUT2D eigenvalue weighted by molar-refractivity contribution is 5.95. The number of benzene rings is 1. The summed E-state index contributed by atoms with van der Waals surface area (Å²) in [6, 6.07) is 9.34. The molecule has 146 valence electrons. The van der Waals surface area contributed by atoms with E-state index in [9.17, 15) is 14.0 Å². The van der Waals surface area contributed by atoms with E-state index in [1.807, 2.05) is 6.07 Å². The monoisotopic (exact) mass is 381 g/mol. The van der Waals surface area contributed by atoms with Crippen LogP contribution < -0.4 is 11.1 Å². The van der Waals surface area contributed by atoms with E-state index in [2.05, 4.69) is 10.3 Å². The first-order chi connectivity index (χ1) is 13.5. The Morgan fingerprint density at radius 2 is 1.82 bits per heavy atom. The van der Waals surface area contributed by atoms with Gasteiger partial charge in [0.1, 0.15) is 17.6 Å². The molecule has 6 heteroatoms. The number of primary amides is 1. The van der Waals surface area contributed by atoms with Crippen molar-refractivity contribution in [3.63, 3.8) is 0 Å². The van der Waals surface area contributed by atoms with Crippen molar-refractivity contribution in [3.8, 4) is 0 Å². The third-order valence-corrected chi connectivity index (χ3v) is 5.46. The highest BCUT2D eigenvalue weighted by Gasteiger charge is 2.30. The van der Waals surface area contributed by atoms with Crippen LogP contribution >= 0.6 is 0 Å². The maximum atomic E-state index is 13.2. The molecule has 28 heavy (non-hydrogen) atoms. The topological polar surface area (TPSA) is 85.1 Å². The molecule has 4 rings (SSSR count). The number of hydrogen-bond donors (Lipinski definition) is 2. The Morgan fingerprint density at radius 3 is 2.43 bits per heavy atom. The summed E-state index contributed by atoms with van der Waals surface area (Å²) in [5, 5.41) is 2.74. The van der Waals surface area contributed by atoms with Crippen molar-refractivity contribution < 1.29 is 14.0 Å². The number of pyridine rings is 1. The van der Waals surface area contributed by atoms with E-state index in [-0.39, 0.29) is 17.4 Å². The summed E-state index contributed by atoms with van der Waals surface area (Å²) in [7, 11) is 0. The van der Waals surface area contributed by atoms with Crippen LogP contribution in [0.4, 0.5) is 4.39 Å². The van der Waals surface area contributed by atoms with Gasteiger partial charge in [0.2, 0.25) is 5.91 Å². The summed E-state index contributed by atoms with van der Waals surface area (Å²) in [6.45, 7) is 0. The molecule has 0 spiro atoms. The zero-order valence-corrected chi connectivity index (χ0v) is 15.7. The first kappa shape index (κ1) is 18.6. The number of halogens is 1. The lowest BCUT2D eigenvalue weighted by Crippen LogP contribution is -2.45. The van der Waals surface area contributed by atoms with Gasteiger partial charge in [0.15, 0.2) is 0 Å². The Balaban J connectivity index is 1.54. The lowest BCUT2D eigenvalue weighted by atomic mass is 10.0. The second-order valence-corrected chi connectivity index (χ2v) is 7.92. The number of nitrogens with zero attached hydrogens (tertiary/aromatic N) is 1. The van der Waals surface area contributed by atoms with Gasteiger partial charge in [-0.1, -0.05) is 31.0 Å². The molecular formula is C22H24FN3O2. The number of nitrogens with two attached hydrogens (primary N) is 1. The number of rotatable bonds is 8. The third kappa shape index (κ3) is 4.55. The molecule has 1 heterocycles. The summed E-state index contributed by atoms with van der Waals surface area (Å²) >= 11 is 0. The van der Waals surface area contributed by atoms with E-state index < -0.39 is 11.9 Å². The molecule has 1 aromatic heterocycles. The minimum absolute atomic E-state index is 0.277. The highest BCUT2D eigenvalue weighted by atomic mass is 19.1. The van der Waals surface area contributed by atoms with Crippen LogP contribution in [0.1, 0.15) is 65.3 Å². The average molecular weight is 381 g/mol. The van der Waals surface area contributed by atoms with Crippen LogP contribution in [0, 0.1) is 11.7 Å². The first-order valence-electron chi connectivity index (χ1n) is 9.84. The summed E-state index contributed by atoms with van der Waals surface area (Å²) in [5.74, 6) is -0.223. The van der Waals surface area contributed by atoms with Gasteiger partial charge in [-0.25, -0.2) is 9.37 Å². The van der Waals surface area contributed by atoms with Crippen molar-refractivity contribution >= 4 is 11.8 Å². The number of amides is 2. The quantitative estimate of drug-likeness (QED) is 0.737. The largest absolute Gasteiger partial charge is 0.368 e. The second-order valence-electron chi connectivity index (χ2n) is 7.92. The van der Waals surface area contributed by atoms with Crippen molar-refractivity contribution in [3.05, 3.63) is 64.7 Å². The fourth-order valence-electron chi connectivity index (χ4n) is 3.51. The van der Waals surface area contributed by atoms with Gasteiger partial charge in [-0.3, -0.25) is 9.59 Å². The van der Waals surface area contributed by atoms with Gasteiger partial charge in [0, 0.05) is 12.1 Å². The van der Waals surface area contributed by atoms with Crippen molar-refractivity contribution in [2.45, 2.75) is 50.5 Å². The number of carbonyl (C=O) groups is 2. The standard InChI is InChI=1S/C22H24FN3O2/c23-16-7-3-14(4-8-16)11-19-17(15-5-6-15)9-10-18(25-19)22(28)26-20(21(24)27)12-13-1-2-13/h3-4,7-10,13,15,20H,1-2,5-6,11-12H2,(H2,24,27)(H,26,28)/t20-/m0/s1. The van der Waals surface area contributed by atoms with E-state index in [4.69, 9.17) is 5.73 Å². The highest BCUT2D eigenvalue weighted by Crippen LogP contribution is 2.41. The van der Waals surface area contributed by atoms with Gasteiger partial charge in [0.25, 0.3) is 5.91 Å². The summed E-state index contributed by atoms with van der Waals surface area (Å²) < 4.78 is 13.2. The molecular weight excluding hydrogens is 357 g/mol. The van der Waals surface area contributed by atoms with Gasteiger partial charge >= 0.3 is 0 Å². The Morgan fingerprint density at radius 1 is 1.11 bits per heavy atom. The maximum absolute atomic E-state index is 13.2.